The first kappa shape index (κ1) is 11.7. The van der Waals surface area contributed by atoms with Gasteiger partial charge in [0.1, 0.15) is 5.78 Å². The van der Waals surface area contributed by atoms with Crippen LogP contribution in [0.2, 0.25) is 0 Å². The van der Waals surface area contributed by atoms with E-state index in [-0.39, 0.29) is 5.78 Å². The molecule has 1 rings (SSSR count). The van der Waals surface area contributed by atoms with E-state index in [2.05, 4.69) is 6.58 Å². The first-order valence-corrected chi connectivity index (χ1v) is 5.18. The molecule has 1 aromatic rings. The summed E-state index contributed by atoms with van der Waals surface area (Å²) < 4.78 is 0. The Morgan fingerprint density at radius 2 is 1.80 bits per heavy atom. The van der Waals surface area contributed by atoms with Gasteiger partial charge in [0.15, 0.2) is 0 Å². The zero-order chi connectivity index (χ0) is 11.5. The van der Waals surface area contributed by atoms with Crippen LogP contribution in [-0.2, 0) is 10.2 Å². The van der Waals surface area contributed by atoms with Crippen molar-refractivity contribution in [3.63, 3.8) is 0 Å². The Morgan fingerprint density at radius 1 is 1.27 bits per heavy atom. The number of benzene rings is 1. The lowest BCUT2D eigenvalue weighted by molar-refractivity contribution is -0.121. The van der Waals surface area contributed by atoms with Crippen LogP contribution in [0.4, 0.5) is 0 Å². The molecule has 0 fully saturated rings. The topological polar surface area (TPSA) is 17.1 Å². The molecule has 0 aliphatic heterocycles. The van der Waals surface area contributed by atoms with E-state index in [0.29, 0.717) is 6.42 Å². The number of hydrogen-bond donors (Lipinski definition) is 0. The van der Waals surface area contributed by atoms with E-state index in [9.17, 15) is 4.79 Å². The van der Waals surface area contributed by atoms with Crippen molar-refractivity contribution in [2.75, 3.05) is 0 Å². The highest BCUT2D eigenvalue weighted by Gasteiger charge is 2.31. The average Bonchev–Trinajstić information content (AvgIpc) is 2.17. The van der Waals surface area contributed by atoms with E-state index >= 15 is 0 Å². The molecule has 0 heterocycles. The van der Waals surface area contributed by atoms with Crippen molar-refractivity contribution in [1.82, 2.24) is 0 Å². The van der Waals surface area contributed by atoms with Gasteiger partial charge in [0, 0.05) is 0 Å². The standard InChI is InChI=1S/C14H18O/c1-11(2)10-14(4,12(3)15)13-8-6-5-7-9-13/h5-9H,1,10H2,2-4H3. The van der Waals surface area contributed by atoms with Crippen molar-refractivity contribution in [3.8, 4) is 0 Å². The molecule has 1 unspecified atom stereocenters. The Balaban J connectivity index is 3.13. The summed E-state index contributed by atoms with van der Waals surface area (Å²) in [4.78, 5) is 11.8. The zero-order valence-corrected chi connectivity index (χ0v) is 9.71. The lowest BCUT2D eigenvalue weighted by atomic mass is 9.75. The Labute approximate surface area is 91.8 Å². The molecule has 1 nitrogen and oxygen atoms in total. The SMILES string of the molecule is C=C(C)CC(C)(C(C)=O)c1ccccc1. The first-order chi connectivity index (χ1) is 6.97. The van der Waals surface area contributed by atoms with Crippen LogP contribution in [0.15, 0.2) is 42.5 Å². The van der Waals surface area contributed by atoms with E-state index in [1.165, 1.54) is 0 Å². The Bertz CT molecular complexity index is 364. The summed E-state index contributed by atoms with van der Waals surface area (Å²) in [5, 5.41) is 0. The molecule has 0 amide bonds. The van der Waals surface area contributed by atoms with Crippen molar-refractivity contribution in [3.05, 3.63) is 48.0 Å². The third-order valence-corrected chi connectivity index (χ3v) is 2.84. The Kier molecular flexibility index (Phi) is 3.46. The van der Waals surface area contributed by atoms with Gasteiger partial charge in [-0.1, -0.05) is 35.9 Å². The number of allylic oxidation sites excluding steroid dienone is 1. The molecule has 0 aliphatic rings. The Morgan fingerprint density at radius 3 is 2.20 bits per heavy atom. The molecule has 0 radical (unpaired) electrons. The average molecular weight is 202 g/mol. The smallest absolute Gasteiger partial charge is 0.140 e. The summed E-state index contributed by atoms with van der Waals surface area (Å²) in [7, 11) is 0. The van der Waals surface area contributed by atoms with Crippen LogP contribution in [0.3, 0.4) is 0 Å². The molecule has 1 heteroatoms. The van der Waals surface area contributed by atoms with Gasteiger partial charge in [-0.3, -0.25) is 4.79 Å². The monoisotopic (exact) mass is 202 g/mol. The molecule has 1 aromatic carbocycles. The number of Topliss-reactive ketones (excluding diaryl/α,β-unsaturated/α-hetero) is 1. The van der Waals surface area contributed by atoms with Gasteiger partial charge in [0.25, 0.3) is 0 Å². The van der Waals surface area contributed by atoms with Gasteiger partial charge in [0.2, 0.25) is 0 Å². The molecule has 0 saturated carbocycles. The van der Waals surface area contributed by atoms with Crippen molar-refractivity contribution in [2.24, 2.45) is 0 Å². The van der Waals surface area contributed by atoms with Gasteiger partial charge in [-0.15, -0.1) is 6.58 Å². The molecule has 0 saturated heterocycles. The van der Waals surface area contributed by atoms with Crippen molar-refractivity contribution in [1.29, 1.82) is 0 Å². The van der Waals surface area contributed by atoms with E-state index in [4.69, 9.17) is 0 Å². The van der Waals surface area contributed by atoms with Crippen LogP contribution >= 0.6 is 0 Å². The number of ketones is 1. The molecule has 0 aliphatic carbocycles. The molecular formula is C14H18O. The van der Waals surface area contributed by atoms with Gasteiger partial charge in [-0.25, -0.2) is 0 Å². The Hall–Kier alpha value is -1.37. The normalized spacial score (nSPS) is 14.3. The largest absolute Gasteiger partial charge is 0.299 e. The second kappa shape index (κ2) is 4.43. The fraction of sp³-hybridized carbons (Fsp3) is 0.357. The first-order valence-electron chi connectivity index (χ1n) is 5.18. The summed E-state index contributed by atoms with van der Waals surface area (Å²) >= 11 is 0. The molecule has 1 atom stereocenters. The van der Waals surface area contributed by atoms with Gasteiger partial charge >= 0.3 is 0 Å². The fourth-order valence-corrected chi connectivity index (χ4v) is 1.84. The minimum Gasteiger partial charge on any atom is -0.299 e. The summed E-state index contributed by atoms with van der Waals surface area (Å²) in [6.45, 7) is 9.49. The maximum Gasteiger partial charge on any atom is 0.140 e. The predicted molar refractivity (Wildman–Crippen MR) is 63.9 cm³/mol. The van der Waals surface area contributed by atoms with E-state index in [1.807, 2.05) is 44.2 Å². The van der Waals surface area contributed by atoms with Gasteiger partial charge < -0.3 is 0 Å². The highest BCUT2D eigenvalue weighted by atomic mass is 16.1. The third-order valence-electron chi connectivity index (χ3n) is 2.84. The second-order valence-electron chi connectivity index (χ2n) is 4.39. The number of carbonyl (C=O) groups is 1. The molecule has 15 heavy (non-hydrogen) atoms. The highest BCUT2D eigenvalue weighted by Crippen LogP contribution is 2.31. The maximum atomic E-state index is 11.8. The number of carbonyl (C=O) groups excluding carboxylic acids is 1. The molecule has 80 valence electrons. The van der Waals surface area contributed by atoms with Gasteiger partial charge in [0.05, 0.1) is 5.41 Å². The van der Waals surface area contributed by atoms with Crippen molar-refractivity contribution in [2.45, 2.75) is 32.6 Å². The maximum absolute atomic E-state index is 11.8. The van der Waals surface area contributed by atoms with Crippen LogP contribution in [0, 0.1) is 0 Å². The quantitative estimate of drug-likeness (QED) is 0.683. The molecule has 0 bridgehead atoms. The minimum atomic E-state index is -0.424. The molecule has 0 aromatic heterocycles. The van der Waals surface area contributed by atoms with Crippen LogP contribution in [0.25, 0.3) is 0 Å². The predicted octanol–water partition coefficient (Wildman–Crippen LogP) is 3.50. The highest BCUT2D eigenvalue weighted by molar-refractivity contribution is 5.87. The van der Waals surface area contributed by atoms with Crippen molar-refractivity contribution < 1.29 is 4.79 Å². The van der Waals surface area contributed by atoms with Crippen LogP contribution in [-0.4, -0.2) is 5.78 Å². The minimum absolute atomic E-state index is 0.191. The summed E-state index contributed by atoms with van der Waals surface area (Å²) in [5.74, 6) is 0.191. The van der Waals surface area contributed by atoms with Crippen molar-refractivity contribution >= 4 is 5.78 Å². The lowest BCUT2D eigenvalue weighted by Crippen LogP contribution is -2.30. The summed E-state index contributed by atoms with van der Waals surface area (Å²) in [5.41, 5.74) is 1.68. The summed E-state index contributed by atoms with van der Waals surface area (Å²) in [6, 6.07) is 9.91. The third kappa shape index (κ3) is 2.56. The number of hydrogen-bond acceptors (Lipinski definition) is 1. The molecule has 0 N–H and O–H groups in total. The fourth-order valence-electron chi connectivity index (χ4n) is 1.84. The van der Waals surface area contributed by atoms with E-state index < -0.39 is 5.41 Å². The van der Waals surface area contributed by atoms with E-state index in [1.54, 1.807) is 6.92 Å². The molecule has 0 spiro atoms. The number of rotatable bonds is 4. The lowest BCUT2D eigenvalue weighted by Gasteiger charge is -2.27. The molecular weight excluding hydrogens is 184 g/mol. The van der Waals surface area contributed by atoms with Crippen LogP contribution < -0.4 is 0 Å². The van der Waals surface area contributed by atoms with Crippen LogP contribution in [0.5, 0.6) is 0 Å². The van der Waals surface area contributed by atoms with E-state index in [0.717, 1.165) is 11.1 Å². The van der Waals surface area contributed by atoms with Gasteiger partial charge in [-0.2, -0.15) is 0 Å². The summed E-state index contributed by atoms with van der Waals surface area (Å²) in [6.07, 6.45) is 0.715. The zero-order valence-electron chi connectivity index (χ0n) is 9.71. The van der Waals surface area contributed by atoms with Gasteiger partial charge in [-0.05, 0) is 32.8 Å². The second-order valence-corrected chi connectivity index (χ2v) is 4.39. The van der Waals surface area contributed by atoms with Crippen LogP contribution in [0.1, 0.15) is 32.8 Å².